The van der Waals surface area contributed by atoms with Gasteiger partial charge in [-0.05, 0) is 39.7 Å². The molecule has 0 unspecified atom stereocenters. The lowest BCUT2D eigenvalue weighted by Crippen LogP contribution is -2.58. The van der Waals surface area contributed by atoms with E-state index in [1.807, 2.05) is 18.2 Å². The molecular formula is C17H27NO. The summed E-state index contributed by atoms with van der Waals surface area (Å²) in [5.41, 5.74) is 0.525. The molecule has 1 N–H and O–H groups in total. The third-order valence-electron chi connectivity index (χ3n) is 4.56. The molecule has 0 amide bonds. The SMILES string of the molecule is C[C@H]1C[C@](O)(c2ccccc2)[C@@H](C)CN1C(C)(C)C. The number of piperidine rings is 1. The van der Waals surface area contributed by atoms with Gasteiger partial charge in [0.1, 0.15) is 0 Å². The fourth-order valence-corrected chi connectivity index (χ4v) is 3.45. The second-order valence-corrected chi connectivity index (χ2v) is 7.07. The predicted octanol–water partition coefficient (Wildman–Crippen LogP) is 3.40. The van der Waals surface area contributed by atoms with Gasteiger partial charge in [-0.25, -0.2) is 0 Å². The largest absolute Gasteiger partial charge is 0.385 e. The van der Waals surface area contributed by atoms with Crippen molar-refractivity contribution in [1.29, 1.82) is 0 Å². The quantitative estimate of drug-likeness (QED) is 0.837. The van der Waals surface area contributed by atoms with Crippen LogP contribution >= 0.6 is 0 Å². The minimum atomic E-state index is -0.692. The van der Waals surface area contributed by atoms with Crippen LogP contribution in [0.5, 0.6) is 0 Å². The highest BCUT2D eigenvalue weighted by Gasteiger charge is 2.45. The molecule has 0 saturated carbocycles. The van der Waals surface area contributed by atoms with Crippen molar-refractivity contribution in [3.63, 3.8) is 0 Å². The van der Waals surface area contributed by atoms with Crippen molar-refractivity contribution in [3.8, 4) is 0 Å². The molecule has 1 aliphatic rings. The Labute approximate surface area is 117 Å². The van der Waals surface area contributed by atoms with Crippen molar-refractivity contribution < 1.29 is 5.11 Å². The molecule has 0 bridgehead atoms. The second-order valence-electron chi connectivity index (χ2n) is 7.07. The molecule has 2 rings (SSSR count). The van der Waals surface area contributed by atoms with Crippen LogP contribution in [0.15, 0.2) is 30.3 Å². The van der Waals surface area contributed by atoms with E-state index >= 15 is 0 Å². The van der Waals surface area contributed by atoms with Gasteiger partial charge in [-0.2, -0.15) is 0 Å². The fourth-order valence-electron chi connectivity index (χ4n) is 3.45. The molecule has 2 nitrogen and oxygen atoms in total. The van der Waals surface area contributed by atoms with Crippen molar-refractivity contribution in [3.05, 3.63) is 35.9 Å². The highest BCUT2D eigenvalue weighted by molar-refractivity contribution is 5.24. The number of likely N-dealkylation sites (tertiary alicyclic amines) is 1. The van der Waals surface area contributed by atoms with E-state index in [1.54, 1.807) is 0 Å². The summed E-state index contributed by atoms with van der Waals surface area (Å²) in [6, 6.07) is 10.5. The molecule has 1 aromatic carbocycles. The monoisotopic (exact) mass is 261 g/mol. The van der Waals surface area contributed by atoms with Crippen LogP contribution in [0.4, 0.5) is 0 Å². The molecule has 106 valence electrons. The summed E-state index contributed by atoms with van der Waals surface area (Å²) >= 11 is 0. The van der Waals surface area contributed by atoms with Gasteiger partial charge in [0.25, 0.3) is 0 Å². The molecule has 0 aliphatic carbocycles. The van der Waals surface area contributed by atoms with E-state index in [-0.39, 0.29) is 11.5 Å². The number of benzene rings is 1. The zero-order valence-electron chi connectivity index (χ0n) is 12.9. The highest BCUT2D eigenvalue weighted by Crippen LogP contribution is 2.41. The van der Waals surface area contributed by atoms with E-state index in [9.17, 15) is 5.11 Å². The predicted molar refractivity (Wildman–Crippen MR) is 80.0 cm³/mol. The van der Waals surface area contributed by atoms with Gasteiger partial charge in [0.15, 0.2) is 0 Å². The summed E-state index contributed by atoms with van der Waals surface area (Å²) in [5, 5.41) is 11.1. The molecule has 1 aliphatic heterocycles. The minimum absolute atomic E-state index is 0.158. The molecule has 1 heterocycles. The first-order chi connectivity index (χ1) is 8.75. The van der Waals surface area contributed by atoms with Crippen molar-refractivity contribution in [2.45, 2.75) is 58.2 Å². The van der Waals surface area contributed by atoms with E-state index in [2.05, 4.69) is 51.7 Å². The van der Waals surface area contributed by atoms with E-state index < -0.39 is 5.60 Å². The lowest BCUT2D eigenvalue weighted by atomic mass is 9.73. The maximum atomic E-state index is 11.1. The van der Waals surface area contributed by atoms with E-state index in [4.69, 9.17) is 0 Å². The third kappa shape index (κ3) is 2.70. The number of rotatable bonds is 1. The van der Waals surface area contributed by atoms with E-state index in [0.29, 0.717) is 6.04 Å². The first-order valence-corrected chi connectivity index (χ1v) is 7.30. The lowest BCUT2D eigenvalue weighted by Gasteiger charge is -2.52. The summed E-state index contributed by atoms with van der Waals surface area (Å²) in [4.78, 5) is 2.51. The Balaban J connectivity index is 2.28. The van der Waals surface area contributed by atoms with Gasteiger partial charge in [0, 0.05) is 24.0 Å². The van der Waals surface area contributed by atoms with Crippen molar-refractivity contribution >= 4 is 0 Å². The van der Waals surface area contributed by atoms with Crippen molar-refractivity contribution in [2.24, 2.45) is 5.92 Å². The van der Waals surface area contributed by atoms with Gasteiger partial charge in [-0.1, -0.05) is 37.3 Å². The smallest absolute Gasteiger partial charge is 0.0948 e. The summed E-state index contributed by atoms with van der Waals surface area (Å²) in [6.07, 6.45) is 0.801. The number of hydrogen-bond acceptors (Lipinski definition) is 2. The van der Waals surface area contributed by atoms with E-state index in [1.165, 1.54) is 0 Å². The zero-order valence-corrected chi connectivity index (χ0v) is 12.9. The van der Waals surface area contributed by atoms with Crippen LogP contribution < -0.4 is 0 Å². The zero-order chi connectivity index (χ0) is 14.3. The van der Waals surface area contributed by atoms with Gasteiger partial charge in [0.05, 0.1) is 5.60 Å². The molecule has 1 saturated heterocycles. The van der Waals surface area contributed by atoms with E-state index in [0.717, 1.165) is 18.5 Å². The number of aliphatic hydroxyl groups is 1. The van der Waals surface area contributed by atoms with Gasteiger partial charge in [0.2, 0.25) is 0 Å². The average Bonchev–Trinajstić information content (AvgIpc) is 2.33. The Morgan fingerprint density at radius 2 is 1.74 bits per heavy atom. The molecule has 0 radical (unpaired) electrons. The summed E-state index contributed by atoms with van der Waals surface area (Å²) < 4.78 is 0. The van der Waals surface area contributed by atoms with Crippen molar-refractivity contribution in [2.75, 3.05) is 6.54 Å². The van der Waals surface area contributed by atoms with Gasteiger partial charge < -0.3 is 5.11 Å². The molecule has 2 heteroatoms. The fraction of sp³-hybridized carbons (Fsp3) is 0.647. The molecule has 1 fully saturated rings. The Hall–Kier alpha value is -0.860. The lowest BCUT2D eigenvalue weighted by molar-refractivity contribution is -0.111. The number of nitrogens with zero attached hydrogens (tertiary/aromatic N) is 1. The number of hydrogen-bond donors (Lipinski definition) is 1. The first-order valence-electron chi connectivity index (χ1n) is 7.30. The molecule has 3 atom stereocenters. The standard InChI is InChI=1S/C17H27NO/c1-13-12-18(16(3,4)5)14(2)11-17(13,19)15-9-7-6-8-10-15/h6-10,13-14,19H,11-12H2,1-5H3/t13-,14-,17+/m0/s1. The van der Waals surface area contributed by atoms with Crippen LogP contribution in [0.25, 0.3) is 0 Å². The normalized spacial score (nSPS) is 33.4. The molecule has 1 aromatic rings. The van der Waals surface area contributed by atoms with Crippen molar-refractivity contribution in [1.82, 2.24) is 4.90 Å². The van der Waals surface area contributed by atoms with Crippen LogP contribution in [0.2, 0.25) is 0 Å². The van der Waals surface area contributed by atoms with Crippen LogP contribution in [0.1, 0.15) is 46.6 Å². The average molecular weight is 261 g/mol. The Morgan fingerprint density at radius 1 is 1.16 bits per heavy atom. The van der Waals surface area contributed by atoms with Gasteiger partial charge in [-0.15, -0.1) is 0 Å². The summed E-state index contributed by atoms with van der Waals surface area (Å²) in [6.45, 7) is 12.1. The Bertz CT molecular complexity index is 423. The van der Waals surface area contributed by atoms with Crippen LogP contribution in [0.3, 0.4) is 0 Å². The van der Waals surface area contributed by atoms with Crippen LogP contribution in [-0.2, 0) is 5.60 Å². The molecule has 19 heavy (non-hydrogen) atoms. The van der Waals surface area contributed by atoms with Gasteiger partial charge >= 0.3 is 0 Å². The maximum Gasteiger partial charge on any atom is 0.0948 e. The van der Waals surface area contributed by atoms with Gasteiger partial charge in [-0.3, -0.25) is 4.90 Å². The second kappa shape index (κ2) is 4.92. The summed E-state index contributed by atoms with van der Waals surface area (Å²) in [5.74, 6) is 0.241. The summed E-state index contributed by atoms with van der Waals surface area (Å²) in [7, 11) is 0. The molecule has 0 aromatic heterocycles. The maximum absolute atomic E-state index is 11.1. The topological polar surface area (TPSA) is 23.5 Å². The first kappa shape index (κ1) is 14.5. The molecular weight excluding hydrogens is 234 g/mol. The Kier molecular flexibility index (Phi) is 3.76. The van der Waals surface area contributed by atoms with Crippen LogP contribution in [0, 0.1) is 5.92 Å². The minimum Gasteiger partial charge on any atom is -0.385 e. The third-order valence-corrected chi connectivity index (χ3v) is 4.56. The Morgan fingerprint density at radius 3 is 2.26 bits per heavy atom. The molecule has 0 spiro atoms. The highest BCUT2D eigenvalue weighted by atomic mass is 16.3. The van der Waals surface area contributed by atoms with Crippen LogP contribution in [-0.4, -0.2) is 28.1 Å².